The second-order valence-corrected chi connectivity index (χ2v) is 6.56. The van der Waals surface area contributed by atoms with E-state index in [1.807, 2.05) is 19.9 Å². The lowest BCUT2D eigenvalue weighted by atomic mass is 9.97. The molecule has 0 saturated carbocycles. The minimum Gasteiger partial charge on any atom is -0.327 e. The number of benzene rings is 1. The van der Waals surface area contributed by atoms with Crippen molar-refractivity contribution in [3.63, 3.8) is 0 Å². The topological polar surface area (TPSA) is 26.0 Å². The Bertz CT molecular complexity index is 409. The third-order valence-electron chi connectivity index (χ3n) is 3.16. The summed E-state index contributed by atoms with van der Waals surface area (Å²) in [5.74, 6) is 0.859. The number of halogens is 2. The summed E-state index contributed by atoms with van der Waals surface area (Å²) in [6.45, 7) is 3.96. The van der Waals surface area contributed by atoms with Crippen molar-refractivity contribution in [1.82, 2.24) is 0 Å². The van der Waals surface area contributed by atoms with Crippen LogP contribution in [0.15, 0.2) is 12.1 Å². The van der Waals surface area contributed by atoms with Gasteiger partial charge in [-0.25, -0.2) is 4.39 Å². The van der Waals surface area contributed by atoms with Crippen LogP contribution in [0.5, 0.6) is 0 Å². The summed E-state index contributed by atoms with van der Waals surface area (Å²) in [7, 11) is 0. The van der Waals surface area contributed by atoms with Crippen molar-refractivity contribution in [2.75, 3.05) is 12.0 Å². The van der Waals surface area contributed by atoms with Crippen LogP contribution < -0.4 is 5.73 Å². The minimum atomic E-state index is -0.278. The molecule has 2 N–H and O–H groups in total. The van der Waals surface area contributed by atoms with Crippen molar-refractivity contribution < 1.29 is 4.39 Å². The van der Waals surface area contributed by atoms with Crippen molar-refractivity contribution >= 4 is 23.4 Å². The molecular weight excluding hydrogens is 281 g/mol. The Kier molecular flexibility index (Phi) is 7.19. The Morgan fingerprint density at radius 2 is 2.05 bits per heavy atom. The lowest BCUT2D eigenvalue weighted by Gasteiger charge is -2.13. The first-order chi connectivity index (χ1) is 8.95. The number of aryl methyl sites for hydroxylation is 1. The minimum absolute atomic E-state index is 0.149. The molecule has 0 amide bonds. The molecule has 0 aliphatic carbocycles. The van der Waals surface area contributed by atoms with Gasteiger partial charge in [-0.3, -0.25) is 0 Å². The first-order valence-corrected chi connectivity index (χ1v) is 8.45. The molecule has 0 spiro atoms. The van der Waals surface area contributed by atoms with Crippen molar-refractivity contribution in [2.24, 2.45) is 5.73 Å². The van der Waals surface area contributed by atoms with E-state index in [0.717, 1.165) is 30.6 Å². The summed E-state index contributed by atoms with van der Waals surface area (Å²) in [5.41, 5.74) is 7.78. The van der Waals surface area contributed by atoms with E-state index in [2.05, 4.69) is 6.26 Å². The van der Waals surface area contributed by atoms with Crippen LogP contribution in [0.2, 0.25) is 5.02 Å². The number of nitrogens with two attached hydrogens (primary N) is 1. The largest absolute Gasteiger partial charge is 0.327 e. The maximum Gasteiger partial charge on any atom is 0.145 e. The van der Waals surface area contributed by atoms with Gasteiger partial charge in [0.25, 0.3) is 0 Å². The molecule has 1 rings (SSSR count). The van der Waals surface area contributed by atoms with E-state index in [9.17, 15) is 4.39 Å². The summed E-state index contributed by atoms with van der Waals surface area (Å²) in [6.07, 6.45) is 4.98. The van der Waals surface area contributed by atoms with E-state index in [1.165, 1.54) is 0 Å². The molecule has 19 heavy (non-hydrogen) atoms. The molecule has 108 valence electrons. The molecule has 0 radical (unpaired) electrons. The average Bonchev–Trinajstić information content (AvgIpc) is 2.33. The second-order valence-electron chi connectivity index (χ2n) is 5.24. The van der Waals surface area contributed by atoms with Crippen LogP contribution in [0, 0.1) is 5.82 Å². The van der Waals surface area contributed by atoms with Gasteiger partial charge in [0.1, 0.15) is 5.82 Å². The predicted molar refractivity (Wildman–Crippen MR) is 84.8 cm³/mol. The molecule has 0 saturated heterocycles. The predicted octanol–water partition coefficient (Wildman–Crippen LogP) is 4.62. The van der Waals surface area contributed by atoms with Crippen molar-refractivity contribution in [1.29, 1.82) is 0 Å². The van der Waals surface area contributed by atoms with Gasteiger partial charge < -0.3 is 5.73 Å². The van der Waals surface area contributed by atoms with E-state index in [1.54, 1.807) is 17.8 Å². The third kappa shape index (κ3) is 5.33. The fourth-order valence-electron chi connectivity index (χ4n) is 2.10. The highest BCUT2D eigenvalue weighted by Crippen LogP contribution is 2.27. The highest BCUT2D eigenvalue weighted by atomic mass is 35.5. The maximum atomic E-state index is 13.8. The van der Waals surface area contributed by atoms with E-state index >= 15 is 0 Å². The SMILES string of the molecule is CSC[C@H](N)CCCc1cc(Cl)c(F)c(C(C)C)c1. The Hall–Kier alpha value is -0.250. The van der Waals surface area contributed by atoms with Gasteiger partial charge in [-0.05, 0) is 48.6 Å². The molecule has 0 unspecified atom stereocenters. The third-order valence-corrected chi connectivity index (χ3v) is 4.20. The number of hydrogen-bond donors (Lipinski definition) is 1. The average molecular weight is 304 g/mol. The van der Waals surface area contributed by atoms with Crippen molar-refractivity contribution in [2.45, 2.75) is 45.1 Å². The monoisotopic (exact) mass is 303 g/mol. The summed E-state index contributed by atoms with van der Waals surface area (Å²) in [4.78, 5) is 0. The first-order valence-electron chi connectivity index (χ1n) is 6.68. The van der Waals surface area contributed by atoms with Gasteiger partial charge in [-0.2, -0.15) is 11.8 Å². The maximum absolute atomic E-state index is 13.8. The highest BCUT2D eigenvalue weighted by molar-refractivity contribution is 7.98. The normalized spacial score (nSPS) is 13.0. The molecule has 0 bridgehead atoms. The molecule has 1 atom stereocenters. The van der Waals surface area contributed by atoms with Crippen LogP contribution in [0.4, 0.5) is 4.39 Å². The fourth-order valence-corrected chi connectivity index (χ4v) is 2.94. The molecule has 1 nitrogen and oxygen atoms in total. The first kappa shape index (κ1) is 16.8. The van der Waals surface area contributed by atoms with Crippen molar-refractivity contribution in [3.05, 3.63) is 34.1 Å². The lowest BCUT2D eigenvalue weighted by molar-refractivity contribution is 0.595. The lowest BCUT2D eigenvalue weighted by Crippen LogP contribution is -2.22. The Labute approximate surface area is 125 Å². The van der Waals surface area contributed by atoms with Gasteiger partial charge in [0.2, 0.25) is 0 Å². The fraction of sp³-hybridized carbons (Fsp3) is 0.600. The number of rotatable bonds is 7. The molecule has 0 aliphatic rings. The van der Waals surface area contributed by atoms with Crippen LogP contribution in [0.25, 0.3) is 0 Å². The molecule has 4 heteroatoms. The van der Waals surface area contributed by atoms with Crippen LogP contribution in [-0.2, 0) is 6.42 Å². The zero-order valence-corrected chi connectivity index (χ0v) is 13.5. The summed E-state index contributed by atoms with van der Waals surface area (Å²) < 4.78 is 13.8. The molecule has 0 aromatic heterocycles. The van der Waals surface area contributed by atoms with Crippen molar-refractivity contribution in [3.8, 4) is 0 Å². The smallest absolute Gasteiger partial charge is 0.145 e. The van der Waals surface area contributed by atoms with Crippen LogP contribution in [-0.4, -0.2) is 18.1 Å². The number of thioether (sulfide) groups is 1. The molecule has 0 fully saturated rings. The zero-order valence-electron chi connectivity index (χ0n) is 11.9. The van der Waals surface area contributed by atoms with Crippen LogP contribution >= 0.6 is 23.4 Å². The quantitative estimate of drug-likeness (QED) is 0.795. The van der Waals surface area contributed by atoms with Gasteiger partial charge in [-0.15, -0.1) is 0 Å². The summed E-state index contributed by atoms with van der Waals surface area (Å²) in [5, 5.41) is 0.231. The molecule has 1 aromatic rings. The van der Waals surface area contributed by atoms with E-state index in [0.29, 0.717) is 5.56 Å². The Balaban J connectivity index is 2.64. The van der Waals surface area contributed by atoms with Gasteiger partial charge in [0.05, 0.1) is 5.02 Å². The molecule has 0 aliphatic heterocycles. The van der Waals surface area contributed by atoms with E-state index in [-0.39, 0.29) is 22.8 Å². The number of hydrogen-bond acceptors (Lipinski definition) is 2. The van der Waals surface area contributed by atoms with Gasteiger partial charge >= 0.3 is 0 Å². The molecular formula is C15H23ClFNS. The molecule has 1 aromatic carbocycles. The highest BCUT2D eigenvalue weighted by Gasteiger charge is 2.12. The van der Waals surface area contributed by atoms with E-state index < -0.39 is 0 Å². The van der Waals surface area contributed by atoms with Gasteiger partial charge in [-0.1, -0.05) is 31.5 Å². The summed E-state index contributed by atoms with van der Waals surface area (Å²) in [6, 6.07) is 3.92. The standard InChI is InChI=1S/C15H23ClFNS/c1-10(2)13-7-11(8-14(16)15(13)17)5-4-6-12(18)9-19-3/h7-8,10,12H,4-6,9,18H2,1-3H3/t12-/m1/s1. The Morgan fingerprint density at radius 1 is 1.37 bits per heavy atom. The Morgan fingerprint density at radius 3 is 2.63 bits per heavy atom. The zero-order chi connectivity index (χ0) is 14.4. The summed E-state index contributed by atoms with van der Waals surface area (Å²) >= 11 is 7.72. The van der Waals surface area contributed by atoms with Crippen LogP contribution in [0.3, 0.4) is 0 Å². The molecule has 0 heterocycles. The van der Waals surface area contributed by atoms with Gasteiger partial charge in [0, 0.05) is 11.8 Å². The van der Waals surface area contributed by atoms with Gasteiger partial charge in [0.15, 0.2) is 0 Å². The van der Waals surface area contributed by atoms with Crippen LogP contribution in [0.1, 0.15) is 43.7 Å². The second kappa shape index (κ2) is 8.13. The van der Waals surface area contributed by atoms with E-state index in [4.69, 9.17) is 17.3 Å².